The lowest BCUT2D eigenvalue weighted by Gasteiger charge is -2.19. The summed E-state index contributed by atoms with van der Waals surface area (Å²) in [6, 6.07) is 2.07. The van der Waals surface area contributed by atoms with Crippen molar-refractivity contribution >= 4 is 5.97 Å². The summed E-state index contributed by atoms with van der Waals surface area (Å²) in [6.07, 6.45) is 0.432. The van der Waals surface area contributed by atoms with Crippen LogP contribution in [0.5, 0.6) is 0 Å². The van der Waals surface area contributed by atoms with Crippen molar-refractivity contribution in [2.24, 2.45) is 7.05 Å². The van der Waals surface area contributed by atoms with Crippen LogP contribution in [-0.4, -0.2) is 40.8 Å². The second-order valence-corrected chi connectivity index (χ2v) is 4.10. The van der Waals surface area contributed by atoms with Gasteiger partial charge in [0.05, 0.1) is 24.9 Å². The summed E-state index contributed by atoms with van der Waals surface area (Å²) >= 11 is 0. The second kappa shape index (κ2) is 6.39. The van der Waals surface area contributed by atoms with Gasteiger partial charge in [-0.05, 0) is 19.5 Å². The SMILES string of the molecule is CCN(CCC(=O)OC)Cc1cc(C)nn1C. The summed E-state index contributed by atoms with van der Waals surface area (Å²) in [7, 11) is 3.36. The molecule has 0 spiro atoms. The highest BCUT2D eigenvalue weighted by Gasteiger charge is 2.10. The van der Waals surface area contributed by atoms with Gasteiger partial charge < -0.3 is 4.74 Å². The van der Waals surface area contributed by atoms with Gasteiger partial charge in [0.2, 0.25) is 0 Å². The lowest BCUT2D eigenvalue weighted by molar-refractivity contribution is -0.141. The molecule has 0 N–H and O–H groups in total. The molecule has 0 aromatic carbocycles. The molecule has 0 atom stereocenters. The molecule has 0 saturated carbocycles. The van der Waals surface area contributed by atoms with Gasteiger partial charge in [-0.25, -0.2) is 0 Å². The third-order valence-corrected chi connectivity index (χ3v) is 2.79. The third-order valence-electron chi connectivity index (χ3n) is 2.79. The Morgan fingerprint density at radius 2 is 2.29 bits per heavy atom. The van der Waals surface area contributed by atoms with Gasteiger partial charge >= 0.3 is 5.97 Å². The van der Waals surface area contributed by atoms with Crippen molar-refractivity contribution in [2.45, 2.75) is 26.8 Å². The molecular weight excluding hydrogens is 218 g/mol. The van der Waals surface area contributed by atoms with E-state index in [0.717, 1.165) is 24.5 Å². The largest absolute Gasteiger partial charge is 0.469 e. The Bertz CT molecular complexity index is 374. The van der Waals surface area contributed by atoms with Crippen molar-refractivity contribution in [3.63, 3.8) is 0 Å². The van der Waals surface area contributed by atoms with E-state index in [0.29, 0.717) is 13.0 Å². The highest BCUT2D eigenvalue weighted by Crippen LogP contribution is 2.06. The van der Waals surface area contributed by atoms with Crippen LogP contribution in [0.2, 0.25) is 0 Å². The minimum atomic E-state index is -0.162. The molecule has 96 valence electrons. The van der Waals surface area contributed by atoms with Gasteiger partial charge in [0.15, 0.2) is 0 Å². The van der Waals surface area contributed by atoms with Crippen LogP contribution in [0.1, 0.15) is 24.7 Å². The number of esters is 1. The molecule has 0 aliphatic carbocycles. The smallest absolute Gasteiger partial charge is 0.306 e. The molecule has 1 heterocycles. The van der Waals surface area contributed by atoms with E-state index in [4.69, 9.17) is 0 Å². The molecule has 1 rings (SSSR count). The fourth-order valence-corrected chi connectivity index (χ4v) is 1.74. The molecule has 1 aromatic heterocycles. The van der Waals surface area contributed by atoms with Crippen LogP contribution in [0.15, 0.2) is 6.07 Å². The van der Waals surface area contributed by atoms with Crippen molar-refractivity contribution < 1.29 is 9.53 Å². The molecule has 5 nitrogen and oxygen atoms in total. The Morgan fingerprint density at radius 3 is 2.76 bits per heavy atom. The van der Waals surface area contributed by atoms with E-state index < -0.39 is 0 Å². The number of carbonyl (C=O) groups is 1. The quantitative estimate of drug-likeness (QED) is 0.698. The molecular formula is C12H21N3O2. The fraction of sp³-hybridized carbons (Fsp3) is 0.667. The Balaban J connectivity index is 2.52. The molecule has 0 aliphatic heterocycles. The minimum Gasteiger partial charge on any atom is -0.469 e. The molecule has 0 unspecified atom stereocenters. The Morgan fingerprint density at radius 1 is 1.59 bits per heavy atom. The summed E-state index contributed by atoms with van der Waals surface area (Å²) in [5.74, 6) is -0.162. The molecule has 0 saturated heterocycles. The van der Waals surface area contributed by atoms with E-state index in [1.54, 1.807) is 0 Å². The summed E-state index contributed by atoms with van der Waals surface area (Å²) in [4.78, 5) is 13.3. The van der Waals surface area contributed by atoms with Gasteiger partial charge in [-0.2, -0.15) is 5.10 Å². The monoisotopic (exact) mass is 239 g/mol. The normalized spacial score (nSPS) is 10.9. The predicted octanol–water partition coefficient (Wildman–Crippen LogP) is 1.11. The standard InChI is InChI=1S/C12H21N3O2/c1-5-15(7-6-12(16)17-4)9-11-8-10(2)13-14(11)3/h8H,5-7,9H2,1-4H3. The lowest BCUT2D eigenvalue weighted by Crippen LogP contribution is -2.27. The maximum atomic E-state index is 11.1. The average Bonchev–Trinajstić information content (AvgIpc) is 2.62. The van der Waals surface area contributed by atoms with Crippen LogP contribution in [0, 0.1) is 6.92 Å². The first-order valence-electron chi connectivity index (χ1n) is 5.85. The maximum Gasteiger partial charge on any atom is 0.306 e. The third kappa shape index (κ3) is 4.19. The highest BCUT2D eigenvalue weighted by molar-refractivity contribution is 5.69. The van der Waals surface area contributed by atoms with Gasteiger partial charge in [-0.1, -0.05) is 6.92 Å². The fourth-order valence-electron chi connectivity index (χ4n) is 1.74. The van der Waals surface area contributed by atoms with E-state index in [1.807, 2.05) is 18.7 Å². The number of aryl methyl sites for hydroxylation is 2. The van der Waals surface area contributed by atoms with E-state index in [1.165, 1.54) is 7.11 Å². The van der Waals surface area contributed by atoms with Crippen LogP contribution in [-0.2, 0) is 23.1 Å². The number of hydrogen-bond acceptors (Lipinski definition) is 4. The molecule has 0 aliphatic rings. The number of hydrogen-bond donors (Lipinski definition) is 0. The van der Waals surface area contributed by atoms with E-state index >= 15 is 0 Å². The van der Waals surface area contributed by atoms with Crippen LogP contribution >= 0.6 is 0 Å². The van der Waals surface area contributed by atoms with Crippen molar-refractivity contribution in [1.82, 2.24) is 14.7 Å². The molecule has 5 heteroatoms. The van der Waals surface area contributed by atoms with E-state index in [-0.39, 0.29) is 5.97 Å². The van der Waals surface area contributed by atoms with Gasteiger partial charge in [0.1, 0.15) is 0 Å². The first kappa shape index (κ1) is 13.7. The summed E-state index contributed by atoms with van der Waals surface area (Å²) in [6.45, 7) is 6.49. The summed E-state index contributed by atoms with van der Waals surface area (Å²) < 4.78 is 6.53. The molecule has 17 heavy (non-hydrogen) atoms. The van der Waals surface area contributed by atoms with Crippen molar-refractivity contribution in [2.75, 3.05) is 20.2 Å². The molecule has 0 fully saturated rings. The Kier molecular flexibility index (Phi) is 5.15. The summed E-state index contributed by atoms with van der Waals surface area (Å²) in [5, 5.41) is 4.31. The zero-order valence-electron chi connectivity index (χ0n) is 11.1. The predicted molar refractivity (Wildman–Crippen MR) is 65.5 cm³/mol. The van der Waals surface area contributed by atoms with Crippen molar-refractivity contribution in [3.05, 3.63) is 17.5 Å². The topological polar surface area (TPSA) is 47.4 Å². The van der Waals surface area contributed by atoms with Crippen LogP contribution < -0.4 is 0 Å². The molecule has 0 bridgehead atoms. The molecule has 1 aromatic rings. The Hall–Kier alpha value is -1.36. The maximum absolute atomic E-state index is 11.1. The average molecular weight is 239 g/mol. The van der Waals surface area contributed by atoms with Gasteiger partial charge in [0.25, 0.3) is 0 Å². The second-order valence-electron chi connectivity index (χ2n) is 4.10. The van der Waals surface area contributed by atoms with Crippen LogP contribution in [0.4, 0.5) is 0 Å². The van der Waals surface area contributed by atoms with Gasteiger partial charge in [0, 0.05) is 20.1 Å². The number of methoxy groups -OCH3 is 1. The van der Waals surface area contributed by atoms with E-state index in [2.05, 4.69) is 27.7 Å². The van der Waals surface area contributed by atoms with Gasteiger partial charge in [-0.15, -0.1) is 0 Å². The first-order chi connectivity index (χ1) is 8.06. The Labute approximate surface area is 102 Å². The molecule has 0 amide bonds. The zero-order valence-corrected chi connectivity index (χ0v) is 11.1. The van der Waals surface area contributed by atoms with Crippen molar-refractivity contribution in [3.8, 4) is 0 Å². The number of rotatable bonds is 6. The van der Waals surface area contributed by atoms with Crippen LogP contribution in [0.25, 0.3) is 0 Å². The molecule has 0 radical (unpaired) electrons. The number of carbonyl (C=O) groups excluding carboxylic acids is 1. The lowest BCUT2D eigenvalue weighted by atomic mass is 10.3. The summed E-state index contributed by atoms with van der Waals surface area (Å²) in [5.41, 5.74) is 2.18. The van der Waals surface area contributed by atoms with E-state index in [9.17, 15) is 4.79 Å². The van der Waals surface area contributed by atoms with Crippen molar-refractivity contribution in [1.29, 1.82) is 0 Å². The van der Waals surface area contributed by atoms with Gasteiger partial charge in [-0.3, -0.25) is 14.4 Å². The number of aromatic nitrogens is 2. The number of nitrogens with zero attached hydrogens (tertiary/aromatic N) is 3. The number of ether oxygens (including phenoxy) is 1. The first-order valence-corrected chi connectivity index (χ1v) is 5.85. The minimum absolute atomic E-state index is 0.162. The van der Waals surface area contributed by atoms with Crippen LogP contribution in [0.3, 0.4) is 0 Å². The zero-order chi connectivity index (χ0) is 12.8. The highest BCUT2D eigenvalue weighted by atomic mass is 16.5.